The predicted octanol–water partition coefficient (Wildman–Crippen LogP) is 2.30. The maximum absolute atomic E-state index is 12.1. The molecule has 0 aliphatic carbocycles. The molecule has 0 atom stereocenters. The molecular weight excluding hydrogens is 248 g/mol. The van der Waals surface area contributed by atoms with Crippen LogP contribution in [0.25, 0.3) is 0 Å². The third-order valence-electron chi connectivity index (χ3n) is 1.33. The van der Waals surface area contributed by atoms with Crippen molar-refractivity contribution in [2.45, 2.75) is 6.43 Å². The van der Waals surface area contributed by atoms with Gasteiger partial charge >= 0.3 is 0 Å². The van der Waals surface area contributed by atoms with Crippen molar-refractivity contribution in [3.63, 3.8) is 0 Å². The molecule has 0 saturated carbocycles. The Kier molecular flexibility index (Phi) is 2.92. The highest BCUT2D eigenvalue weighted by atomic mass is 79.9. The molecular formula is C7H4BrF2NO2. The second kappa shape index (κ2) is 3.78. The van der Waals surface area contributed by atoms with E-state index >= 15 is 0 Å². The van der Waals surface area contributed by atoms with Gasteiger partial charge in [0.15, 0.2) is 12.0 Å². The van der Waals surface area contributed by atoms with Gasteiger partial charge in [-0.2, -0.15) is 0 Å². The number of aldehydes is 1. The summed E-state index contributed by atoms with van der Waals surface area (Å²) < 4.78 is 24.3. The molecule has 0 radical (unpaired) electrons. The van der Waals surface area contributed by atoms with Crippen molar-refractivity contribution in [3.8, 4) is 5.75 Å². The summed E-state index contributed by atoms with van der Waals surface area (Å²) in [6.07, 6.45) is -2.55. The van der Waals surface area contributed by atoms with E-state index in [1.54, 1.807) is 0 Å². The van der Waals surface area contributed by atoms with Crippen molar-refractivity contribution < 1.29 is 18.7 Å². The van der Waals surface area contributed by atoms with Crippen LogP contribution >= 0.6 is 15.9 Å². The summed E-state index contributed by atoms with van der Waals surface area (Å²) in [6.45, 7) is 0. The van der Waals surface area contributed by atoms with E-state index in [2.05, 4.69) is 20.9 Å². The Morgan fingerprint density at radius 2 is 2.23 bits per heavy atom. The second-order valence-electron chi connectivity index (χ2n) is 2.18. The van der Waals surface area contributed by atoms with Gasteiger partial charge in [0.1, 0.15) is 11.4 Å². The average molecular weight is 252 g/mol. The molecule has 1 rings (SSSR count). The molecule has 0 amide bonds. The molecule has 0 bridgehead atoms. The normalized spacial score (nSPS) is 10.5. The van der Waals surface area contributed by atoms with Gasteiger partial charge in [-0.15, -0.1) is 0 Å². The standard InChI is InChI=1S/C7H4BrF2NO2/c8-3-1-4(7(9)10)11-5(2-12)6(3)13/h1-2,7,13H. The first kappa shape index (κ1) is 10.0. The summed E-state index contributed by atoms with van der Waals surface area (Å²) in [4.78, 5) is 13.5. The first-order chi connectivity index (χ1) is 6.06. The van der Waals surface area contributed by atoms with Crippen LogP contribution < -0.4 is 0 Å². The van der Waals surface area contributed by atoms with Gasteiger partial charge in [-0.25, -0.2) is 13.8 Å². The van der Waals surface area contributed by atoms with Gasteiger partial charge in [-0.05, 0) is 22.0 Å². The zero-order chi connectivity index (χ0) is 10.0. The highest BCUT2D eigenvalue weighted by Crippen LogP contribution is 2.29. The number of rotatable bonds is 2. The minimum atomic E-state index is -2.77. The number of halogens is 3. The van der Waals surface area contributed by atoms with Crippen molar-refractivity contribution in [2.24, 2.45) is 0 Å². The fourth-order valence-corrected chi connectivity index (χ4v) is 1.18. The molecule has 1 N–H and O–H groups in total. The van der Waals surface area contributed by atoms with E-state index in [1.807, 2.05) is 0 Å². The average Bonchev–Trinajstić information content (AvgIpc) is 2.09. The monoisotopic (exact) mass is 251 g/mol. The molecule has 1 heterocycles. The zero-order valence-corrected chi connectivity index (χ0v) is 7.75. The van der Waals surface area contributed by atoms with Crippen LogP contribution in [0, 0.1) is 0 Å². The molecule has 0 saturated heterocycles. The van der Waals surface area contributed by atoms with Gasteiger partial charge in [-0.3, -0.25) is 4.79 Å². The Labute approximate surface area is 80.5 Å². The van der Waals surface area contributed by atoms with Crippen LogP contribution in [-0.2, 0) is 0 Å². The zero-order valence-electron chi connectivity index (χ0n) is 6.17. The second-order valence-corrected chi connectivity index (χ2v) is 3.04. The quantitative estimate of drug-likeness (QED) is 0.821. The van der Waals surface area contributed by atoms with Crippen LogP contribution in [0.15, 0.2) is 10.5 Å². The van der Waals surface area contributed by atoms with Crippen molar-refractivity contribution in [2.75, 3.05) is 0 Å². The number of carbonyl (C=O) groups excluding carboxylic acids is 1. The summed E-state index contributed by atoms with van der Waals surface area (Å²) in [7, 11) is 0. The molecule has 6 heteroatoms. The first-order valence-corrected chi connectivity index (χ1v) is 3.98. The lowest BCUT2D eigenvalue weighted by molar-refractivity contribution is 0.111. The van der Waals surface area contributed by atoms with Gasteiger partial charge in [0, 0.05) is 0 Å². The van der Waals surface area contributed by atoms with Gasteiger partial charge in [0.05, 0.1) is 4.47 Å². The van der Waals surface area contributed by atoms with Crippen molar-refractivity contribution in [3.05, 3.63) is 21.9 Å². The van der Waals surface area contributed by atoms with E-state index < -0.39 is 23.6 Å². The highest BCUT2D eigenvalue weighted by Gasteiger charge is 2.15. The molecule has 0 aliphatic heterocycles. The number of hydrogen-bond acceptors (Lipinski definition) is 3. The van der Waals surface area contributed by atoms with Crippen LogP contribution in [0.1, 0.15) is 22.6 Å². The summed E-state index contributed by atoms with van der Waals surface area (Å²) >= 11 is 2.82. The van der Waals surface area contributed by atoms with Crippen LogP contribution in [-0.4, -0.2) is 16.4 Å². The van der Waals surface area contributed by atoms with E-state index in [0.717, 1.165) is 6.07 Å². The van der Waals surface area contributed by atoms with Crippen molar-refractivity contribution in [1.29, 1.82) is 0 Å². The number of carbonyl (C=O) groups is 1. The lowest BCUT2D eigenvalue weighted by atomic mass is 10.3. The number of aromatic hydroxyl groups is 1. The van der Waals surface area contributed by atoms with Gasteiger partial charge in [-0.1, -0.05) is 0 Å². The van der Waals surface area contributed by atoms with E-state index in [1.165, 1.54) is 0 Å². The molecule has 0 unspecified atom stereocenters. The van der Waals surface area contributed by atoms with Crippen LogP contribution in [0.4, 0.5) is 8.78 Å². The van der Waals surface area contributed by atoms with Gasteiger partial charge in [0.25, 0.3) is 6.43 Å². The predicted molar refractivity (Wildman–Crippen MR) is 43.9 cm³/mol. The minimum Gasteiger partial charge on any atom is -0.504 e. The van der Waals surface area contributed by atoms with E-state index in [0.29, 0.717) is 0 Å². The minimum absolute atomic E-state index is 0.0277. The molecule has 70 valence electrons. The number of nitrogens with zero attached hydrogens (tertiary/aromatic N) is 1. The van der Waals surface area contributed by atoms with E-state index in [4.69, 9.17) is 5.11 Å². The largest absolute Gasteiger partial charge is 0.504 e. The topological polar surface area (TPSA) is 50.2 Å². The highest BCUT2D eigenvalue weighted by molar-refractivity contribution is 9.10. The van der Waals surface area contributed by atoms with Crippen LogP contribution in [0.3, 0.4) is 0 Å². The smallest absolute Gasteiger partial charge is 0.280 e. The molecule has 13 heavy (non-hydrogen) atoms. The fourth-order valence-electron chi connectivity index (χ4n) is 0.739. The Bertz CT molecular complexity index is 344. The summed E-state index contributed by atoms with van der Waals surface area (Å²) in [5.41, 5.74) is -0.948. The maximum atomic E-state index is 12.1. The molecule has 0 fully saturated rings. The van der Waals surface area contributed by atoms with E-state index in [9.17, 15) is 13.6 Å². The molecule has 1 aromatic heterocycles. The van der Waals surface area contributed by atoms with Gasteiger partial charge in [0.2, 0.25) is 0 Å². The van der Waals surface area contributed by atoms with Crippen LogP contribution in [0.2, 0.25) is 0 Å². The Morgan fingerprint density at radius 3 is 2.69 bits per heavy atom. The molecule has 3 nitrogen and oxygen atoms in total. The Hall–Kier alpha value is -1.04. The number of alkyl halides is 2. The number of pyridine rings is 1. The summed E-state index contributed by atoms with van der Waals surface area (Å²) in [6, 6.07) is 0.965. The molecule has 0 aromatic carbocycles. The molecule has 0 spiro atoms. The maximum Gasteiger partial charge on any atom is 0.280 e. The Morgan fingerprint density at radius 1 is 1.62 bits per heavy atom. The van der Waals surface area contributed by atoms with E-state index in [-0.39, 0.29) is 10.8 Å². The van der Waals surface area contributed by atoms with Crippen molar-refractivity contribution in [1.82, 2.24) is 4.98 Å². The first-order valence-electron chi connectivity index (χ1n) is 3.19. The lowest BCUT2D eigenvalue weighted by Gasteiger charge is -2.03. The third kappa shape index (κ3) is 2.00. The third-order valence-corrected chi connectivity index (χ3v) is 1.93. The van der Waals surface area contributed by atoms with Crippen molar-refractivity contribution >= 4 is 22.2 Å². The number of hydrogen-bond donors (Lipinski definition) is 1. The Balaban J connectivity index is 3.30. The summed E-state index contributed by atoms with van der Waals surface area (Å²) in [5, 5.41) is 9.12. The van der Waals surface area contributed by atoms with Crippen LogP contribution in [0.5, 0.6) is 5.75 Å². The SMILES string of the molecule is O=Cc1nc(C(F)F)cc(Br)c1O. The molecule has 0 aliphatic rings. The fraction of sp³-hybridized carbons (Fsp3) is 0.143. The number of aromatic nitrogens is 1. The molecule has 1 aromatic rings. The summed E-state index contributed by atoms with van der Waals surface area (Å²) in [5.74, 6) is -0.431. The van der Waals surface area contributed by atoms with Gasteiger partial charge < -0.3 is 5.11 Å². The lowest BCUT2D eigenvalue weighted by Crippen LogP contribution is -1.96.